The zero-order valence-corrected chi connectivity index (χ0v) is 9.45. The molecule has 1 aliphatic heterocycles. The van der Waals surface area contributed by atoms with Gasteiger partial charge in [0, 0.05) is 18.3 Å². The van der Waals surface area contributed by atoms with Crippen LogP contribution in [0.25, 0.3) is 0 Å². The average Bonchev–Trinajstić information content (AvgIpc) is 2.24. The zero-order chi connectivity index (χ0) is 10.7. The summed E-state index contributed by atoms with van der Waals surface area (Å²) in [5.74, 6) is 0. The van der Waals surface area contributed by atoms with E-state index in [9.17, 15) is 0 Å². The molecule has 2 heteroatoms. The molecule has 82 valence electrons. The van der Waals surface area contributed by atoms with Gasteiger partial charge in [0.25, 0.3) is 0 Å². The highest BCUT2D eigenvalue weighted by molar-refractivity contribution is 5.46. The van der Waals surface area contributed by atoms with Crippen LogP contribution in [0.15, 0.2) is 24.3 Å². The molecule has 1 unspecified atom stereocenters. The van der Waals surface area contributed by atoms with Crippen LogP contribution in [0.1, 0.15) is 31.7 Å². The normalized spacial score (nSPS) is 22.9. The van der Waals surface area contributed by atoms with E-state index in [1.54, 1.807) is 0 Å². The van der Waals surface area contributed by atoms with Gasteiger partial charge in [0.05, 0.1) is 0 Å². The van der Waals surface area contributed by atoms with Gasteiger partial charge in [0.1, 0.15) is 0 Å². The Hall–Kier alpha value is -1.02. The molecule has 2 N–H and O–H groups in total. The van der Waals surface area contributed by atoms with Crippen molar-refractivity contribution in [1.29, 1.82) is 0 Å². The van der Waals surface area contributed by atoms with E-state index in [2.05, 4.69) is 24.0 Å². The molecule has 0 amide bonds. The minimum Gasteiger partial charge on any atom is -0.398 e. The van der Waals surface area contributed by atoms with Gasteiger partial charge < -0.3 is 5.73 Å². The Balaban J connectivity index is 2.04. The van der Waals surface area contributed by atoms with Crippen LogP contribution in [-0.2, 0) is 6.54 Å². The van der Waals surface area contributed by atoms with Gasteiger partial charge in [-0.3, -0.25) is 4.90 Å². The summed E-state index contributed by atoms with van der Waals surface area (Å²) < 4.78 is 0. The molecule has 15 heavy (non-hydrogen) atoms. The number of hydrogen-bond acceptors (Lipinski definition) is 2. The molecule has 0 aliphatic carbocycles. The van der Waals surface area contributed by atoms with E-state index in [4.69, 9.17) is 5.73 Å². The van der Waals surface area contributed by atoms with E-state index in [0.29, 0.717) is 6.04 Å². The van der Waals surface area contributed by atoms with Crippen LogP contribution < -0.4 is 5.73 Å². The summed E-state index contributed by atoms with van der Waals surface area (Å²) >= 11 is 0. The summed E-state index contributed by atoms with van der Waals surface area (Å²) in [6.45, 7) is 4.54. The number of anilines is 1. The van der Waals surface area contributed by atoms with Crippen LogP contribution in [0.4, 0.5) is 5.69 Å². The Labute approximate surface area is 92.1 Å². The van der Waals surface area contributed by atoms with Gasteiger partial charge in [-0.05, 0) is 37.9 Å². The van der Waals surface area contributed by atoms with Crippen LogP contribution in [0, 0.1) is 0 Å². The highest BCUT2D eigenvalue weighted by atomic mass is 15.2. The third-order valence-corrected chi connectivity index (χ3v) is 3.37. The lowest BCUT2D eigenvalue weighted by atomic mass is 10.0. The largest absolute Gasteiger partial charge is 0.398 e. The number of nitrogen functional groups attached to an aromatic ring is 1. The Kier molecular flexibility index (Phi) is 3.27. The van der Waals surface area contributed by atoms with Gasteiger partial charge in [-0.1, -0.05) is 24.6 Å². The number of rotatable bonds is 2. The summed E-state index contributed by atoms with van der Waals surface area (Å²) in [5, 5.41) is 0. The molecule has 2 nitrogen and oxygen atoms in total. The third-order valence-electron chi connectivity index (χ3n) is 3.37. The molecule has 0 radical (unpaired) electrons. The van der Waals surface area contributed by atoms with Gasteiger partial charge in [0.15, 0.2) is 0 Å². The number of hydrogen-bond donors (Lipinski definition) is 1. The molecule has 1 aliphatic rings. The molecular formula is C13H20N2. The minimum atomic E-state index is 0.707. The van der Waals surface area contributed by atoms with Crippen LogP contribution in [-0.4, -0.2) is 17.5 Å². The Morgan fingerprint density at radius 3 is 2.87 bits per heavy atom. The van der Waals surface area contributed by atoms with Gasteiger partial charge >= 0.3 is 0 Å². The second-order valence-electron chi connectivity index (χ2n) is 4.51. The van der Waals surface area contributed by atoms with Crippen molar-refractivity contribution in [1.82, 2.24) is 4.90 Å². The predicted molar refractivity (Wildman–Crippen MR) is 64.6 cm³/mol. The molecular weight excluding hydrogens is 184 g/mol. The molecule has 1 aromatic carbocycles. The van der Waals surface area contributed by atoms with Crippen LogP contribution in [0.3, 0.4) is 0 Å². The van der Waals surface area contributed by atoms with Crippen LogP contribution >= 0.6 is 0 Å². The summed E-state index contributed by atoms with van der Waals surface area (Å²) in [6, 6.07) is 8.90. The number of benzene rings is 1. The summed E-state index contributed by atoms with van der Waals surface area (Å²) in [6.07, 6.45) is 4.03. The Morgan fingerprint density at radius 2 is 2.13 bits per heavy atom. The van der Waals surface area contributed by atoms with Gasteiger partial charge in [0.2, 0.25) is 0 Å². The second kappa shape index (κ2) is 4.67. The number of likely N-dealkylation sites (tertiary alicyclic amines) is 1. The number of para-hydroxylation sites is 1. The maximum atomic E-state index is 5.96. The monoisotopic (exact) mass is 204 g/mol. The predicted octanol–water partition coefficient (Wildman–Crippen LogP) is 2.64. The van der Waals surface area contributed by atoms with E-state index in [1.165, 1.54) is 31.4 Å². The van der Waals surface area contributed by atoms with Crippen LogP contribution in [0.2, 0.25) is 0 Å². The van der Waals surface area contributed by atoms with Crippen molar-refractivity contribution in [3.63, 3.8) is 0 Å². The standard InChI is InChI=1S/C13H20N2/c1-11-6-4-5-9-15(11)10-12-7-2-3-8-13(12)14/h2-3,7-8,11H,4-6,9-10,14H2,1H3. The third kappa shape index (κ3) is 2.51. The van der Waals surface area contributed by atoms with Crippen LogP contribution in [0.5, 0.6) is 0 Å². The summed E-state index contributed by atoms with van der Waals surface area (Å²) in [5.41, 5.74) is 8.15. The molecule has 1 fully saturated rings. The van der Waals surface area contributed by atoms with Gasteiger partial charge in [-0.25, -0.2) is 0 Å². The van der Waals surface area contributed by atoms with Crippen molar-refractivity contribution >= 4 is 5.69 Å². The summed E-state index contributed by atoms with van der Waals surface area (Å²) in [7, 11) is 0. The number of piperidine rings is 1. The molecule has 2 rings (SSSR count). The van der Waals surface area contributed by atoms with Crippen molar-refractivity contribution in [3.05, 3.63) is 29.8 Å². The maximum Gasteiger partial charge on any atom is 0.0359 e. The van der Waals surface area contributed by atoms with Crippen molar-refractivity contribution in [2.75, 3.05) is 12.3 Å². The molecule has 0 saturated carbocycles. The topological polar surface area (TPSA) is 29.3 Å². The van der Waals surface area contributed by atoms with E-state index < -0.39 is 0 Å². The Morgan fingerprint density at radius 1 is 1.33 bits per heavy atom. The lowest BCUT2D eigenvalue weighted by Crippen LogP contribution is -2.36. The molecule has 0 bridgehead atoms. The van der Waals surface area contributed by atoms with Crippen molar-refractivity contribution < 1.29 is 0 Å². The lowest BCUT2D eigenvalue weighted by molar-refractivity contribution is 0.153. The zero-order valence-electron chi connectivity index (χ0n) is 9.45. The molecule has 0 spiro atoms. The van der Waals surface area contributed by atoms with Gasteiger partial charge in [-0.15, -0.1) is 0 Å². The van der Waals surface area contributed by atoms with Crippen molar-refractivity contribution in [3.8, 4) is 0 Å². The summed E-state index contributed by atoms with van der Waals surface area (Å²) in [4.78, 5) is 2.54. The highest BCUT2D eigenvalue weighted by Gasteiger charge is 2.18. The average molecular weight is 204 g/mol. The fraction of sp³-hybridized carbons (Fsp3) is 0.538. The molecule has 1 saturated heterocycles. The first kappa shape index (κ1) is 10.5. The maximum absolute atomic E-state index is 5.96. The number of nitrogens with zero attached hydrogens (tertiary/aromatic N) is 1. The fourth-order valence-electron chi connectivity index (χ4n) is 2.29. The van der Waals surface area contributed by atoms with E-state index in [-0.39, 0.29) is 0 Å². The lowest BCUT2D eigenvalue weighted by Gasteiger charge is -2.33. The molecule has 1 atom stereocenters. The Bertz CT molecular complexity index is 322. The van der Waals surface area contributed by atoms with Crippen molar-refractivity contribution in [2.45, 2.75) is 38.8 Å². The quantitative estimate of drug-likeness (QED) is 0.750. The van der Waals surface area contributed by atoms with E-state index in [0.717, 1.165) is 12.2 Å². The first-order chi connectivity index (χ1) is 7.27. The second-order valence-corrected chi connectivity index (χ2v) is 4.51. The minimum absolute atomic E-state index is 0.707. The highest BCUT2D eigenvalue weighted by Crippen LogP contribution is 2.21. The fourth-order valence-corrected chi connectivity index (χ4v) is 2.29. The van der Waals surface area contributed by atoms with Crippen molar-refractivity contribution in [2.24, 2.45) is 0 Å². The van der Waals surface area contributed by atoms with Gasteiger partial charge in [-0.2, -0.15) is 0 Å². The SMILES string of the molecule is CC1CCCCN1Cc1ccccc1N. The smallest absolute Gasteiger partial charge is 0.0359 e. The first-order valence-electron chi connectivity index (χ1n) is 5.85. The molecule has 1 aromatic rings. The van der Waals surface area contributed by atoms with E-state index >= 15 is 0 Å². The van der Waals surface area contributed by atoms with E-state index in [1.807, 2.05) is 12.1 Å². The first-order valence-corrected chi connectivity index (χ1v) is 5.85. The molecule has 1 heterocycles. The molecule has 0 aromatic heterocycles. The number of nitrogens with two attached hydrogens (primary N) is 1.